The van der Waals surface area contributed by atoms with Gasteiger partial charge in [-0.3, -0.25) is 23.1 Å². The van der Waals surface area contributed by atoms with E-state index in [1.165, 1.54) is 55.5 Å². The number of nitrogens with zero attached hydrogens (tertiary/aromatic N) is 20. The second-order valence-electron chi connectivity index (χ2n) is 35.0. The quantitative estimate of drug-likeness (QED) is 0.0370. The molecule has 12 heterocycles. The SMILES string of the molecule is CC(=O)OC1=NN(C)c2cc3cnc(Nc4ccc(S(N)(=O)=O)cc4F)nc3n2C12CCCCC2.CCN1N=C(OC)C2(CCCCC2)n2c1cc1cnc(Nc3ccc(S(N)(=O)=O)cc3F)nc12.COC1=NN(C)c2cc3cnc(Nc4ccc(S(N)(=O)=O)cc4F)nc3n2C12CCCCC2.COC1=NN(C2CC2)c2cc3cnc(Nc4ccc(S(N)(=O)=O)cc4F)nc3n2C12CCCCC2. The van der Waals surface area contributed by atoms with E-state index in [0.29, 0.717) is 53.1 Å². The summed E-state index contributed by atoms with van der Waals surface area (Å²) in [5.74, 6) is 2.97. The molecule has 4 aliphatic heterocycles. The van der Waals surface area contributed by atoms with Crippen molar-refractivity contribution in [3.05, 3.63) is 145 Å². The molecule has 0 unspecified atom stereocenters. The second-order valence-corrected chi connectivity index (χ2v) is 41.3. The van der Waals surface area contributed by atoms with E-state index in [1.54, 1.807) is 63.2 Å². The van der Waals surface area contributed by atoms with Crippen LogP contribution in [0, 0.1) is 23.3 Å². The highest BCUT2D eigenvalue weighted by molar-refractivity contribution is 7.90. The van der Waals surface area contributed by atoms with Crippen LogP contribution in [0.25, 0.3) is 44.1 Å². The number of esters is 1. The van der Waals surface area contributed by atoms with E-state index in [0.717, 1.165) is 216 Å². The van der Waals surface area contributed by atoms with Gasteiger partial charge in [0.1, 0.15) is 91.3 Å². The first-order chi connectivity index (χ1) is 65.4. The molecule has 8 aromatic heterocycles. The molecule has 4 spiro atoms. The van der Waals surface area contributed by atoms with Gasteiger partial charge in [0.2, 0.25) is 87.5 Å². The molecule has 12 N–H and O–H groups in total. The highest BCUT2D eigenvalue weighted by Crippen LogP contribution is 2.52. The number of aromatic nitrogens is 12. The Hall–Kier alpha value is -13.3. The third-order valence-electron chi connectivity index (χ3n) is 26.2. The maximum absolute atomic E-state index is 14.6. The van der Waals surface area contributed by atoms with Crippen LogP contribution in [0.5, 0.6) is 0 Å². The van der Waals surface area contributed by atoms with E-state index < -0.39 is 91.5 Å². The Labute approximate surface area is 784 Å². The van der Waals surface area contributed by atoms with Crippen molar-refractivity contribution in [1.29, 1.82) is 0 Å². The molecule has 0 saturated heterocycles. The largest absolute Gasteiger partial charge is 0.481 e. The van der Waals surface area contributed by atoms with Gasteiger partial charge >= 0.3 is 5.97 Å². The van der Waals surface area contributed by atoms with Crippen molar-refractivity contribution in [2.24, 2.45) is 41.0 Å². The number of rotatable bonds is 14. The number of hydrogen-bond acceptors (Lipinski definition) is 33. The Bertz CT molecular complexity index is 7450. The molecule has 137 heavy (non-hydrogen) atoms. The smallest absolute Gasteiger partial charge is 0.309 e. The van der Waals surface area contributed by atoms with Gasteiger partial charge in [-0.05, 0) is 168 Å². The lowest BCUT2D eigenvalue weighted by atomic mass is 9.80. The van der Waals surface area contributed by atoms with Crippen LogP contribution >= 0.6 is 0 Å². The van der Waals surface area contributed by atoms with E-state index in [9.17, 15) is 56.0 Å². The number of nitrogens with two attached hydrogens (primary N) is 4. The van der Waals surface area contributed by atoms with Crippen LogP contribution in [0.4, 0.5) is 87.4 Å². The molecule has 0 amide bonds. The lowest BCUT2D eigenvalue weighted by Crippen LogP contribution is -2.50. The monoisotopic (exact) mass is 1960 g/mol. The summed E-state index contributed by atoms with van der Waals surface area (Å²) in [6.07, 6.45) is 28.3. The fourth-order valence-electron chi connectivity index (χ4n) is 19.7. The first kappa shape index (κ1) is 94.0. The summed E-state index contributed by atoms with van der Waals surface area (Å²) in [5.41, 5.74) is 0.806. The molecule has 9 aliphatic rings. The standard InChI is InChI=1S/C23H26FN7O3S.C22H24FN7O4S.C22H26FN7O3S.C21H24FN7O3S/c1-34-21-23(9-3-2-4-10-23)30-19(31(29-21)15-5-6-15)11-14-13-26-22(28-20(14)30)27-18-8-7-16(12-17(18)24)35(25,32)33;1-13(31)34-20-22(8-4-3-5-9-22)30-18(29(2)28-20)10-14-12-25-21(27-19(14)30)26-17-7-6-15(11-16(17)23)35(24,32)33;1-3-29-18-11-14-13-25-21(26-17-8-7-15(12-16(17)23)34(24,31)32)27-19(14)30(18)22(20(28-29)33-2)9-5-4-6-10-22;1-28-17-10-13-12-24-20(25-16-7-6-14(11-15(16)22)33(23,30)31)26-18(13)29(17)21(19(27-28)32-2)8-4-3-5-9-21/h7-8,11-13,15H,2-6,9-10H2,1H3,(H2,25,32,33)(H,26,27,28);6-7,10-12H,3-5,8-9H2,1-2H3,(H2,24,32,33)(H,25,26,27);7-8,11-13H,3-6,9-10H2,1-2H3,(H2,24,31,32)(H,25,26,27);6-7,10-12H,3-5,8-9H2,1-2H3,(H2,23,30,31)(H,24,25,26). The molecular weight excluding hydrogens is 1860 g/mol. The molecule has 4 aromatic carbocycles. The Kier molecular flexibility index (Phi) is 24.9. The van der Waals surface area contributed by atoms with Gasteiger partial charge in [-0.25, -0.2) is 112 Å². The number of benzene rings is 4. The molecule has 41 nitrogen and oxygen atoms in total. The van der Waals surface area contributed by atoms with Crippen LogP contribution in [-0.2, 0) is 86.0 Å². The van der Waals surface area contributed by atoms with Crippen LogP contribution in [0.15, 0.2) is 162 Å². The van der Waals surface area contributed by atoms with Crippen LogP contribution in [0.3, 0.4) is 0 Å². The van der Waals surface area contributed by atoms with Gasteiger partial charge in [-0.2, -0.15) is 19.9 Å². The predicted octanol–water partition coefficient (Wildman–Crippen LogP) is 13.0. The van der Waals surface area contributed by atoms with Crippen LogP contribution < -0.4 is 61.9 Å². The number of ether oxygens (including phenoxy) is 4. The molecule has 21 rings (SSSR count). The van der Waals surface area contributed by atoms with Crippen molar-refractivity contribution in [3.8, 4) is 0 Å². The van der Waals surface area contributed by atoms with E-state index in [1.807, 2.05) is 46.8 Å². The zero-order valence-electron chi connectivity index (χ0n) is 75.6. The van der Waals surface area contributed by atoms with E-state index in [4.69, 9.17) is 64.7 Å². The Morgan fingerprint density at radius 1 is 0.387 bits per heavy atom. The number of hydrogen-bond donors (Lipinski definition) is 8. The van der Waals surface area contributed by atoms with Gasteiger partial charge < -0.3 is 40.2 Å². The van der Waals surface area contributed by atoms with Gasteiger partial charge in [0.05, 0.1) is 69.7 Å². The minimum Gasteiger partial charge on any atom is -0.481 e. The number of nitrogens with one attached hydrogen (secondary N) is 4. The highest BCUT2D eigenvalue weighted by atomic mass is 32.2. The fourth-order valence-corrected chi connectivity index (χ4v) is 21.8. The van der Waals surface area contributed by atoms with Gasteiger partial charge in [0, 0.05) is 73.9 Å². The minimum absolute atomic E-state index is 0.00571. The summed E-state index contributed by atoms with van der Waals surface area (Å²) in [6.45, 7) is 4.02. The maximum Gasteiger partial charge on any atom is 0.309 e. The topological polar surface area (TPSA) is 528 Å². The number of primary sulfonamides is 4. The number of methoxy groups -OCH3 is 3. The lowest BCUT2D eigenvalue weighted by Gasteiger charge is -2.44. The van der Waals surface area contributed by atoms with Crippen LogP contribution in [0.1, 0.15) is 155 Å². The number of halogens is 4. The molecule has 5 fully saturated rings. The molecule has 722 valence electrons. The number of carbonyl (C=O) groups is 1. The van der Waals surface area contributed by atoms with Crippen molar-refractivity contribution in [3.63, 3.8) is 0 Å². The van der Waals surface area contributed by atoms with Crippen LogP contribution in [-0.4, -0.2) is 169 Å². The number of sulfonamides is 4. The summed E-state index contributed by atoms with van der Waals surface area (Å²) in [7, 11) is -7.48. The molecule has 0 radical (unpaired) electrons. The molecule has 5 aliphatic carbocycles. The zero-order valence-corrected chi connectivity index (χ0v) is 78.9. The number of carbonyl (C=O) groups excluding carboxylic acids is 1. The van der Waals surface area contributed by atoms with Gasteiger partial charge in [0.15, 0.2) is 0 Å². The molecular formula is C88H100F4N28O13S4. The molecule has 0 bridgehead atoms. The van der Waals surface area contributed by atoms with E-state index in [-0.39, 0.29) is 66.1 Å². The Balaban J connectivity index is 0.000000122. The Morgan fingerprint density at radius 3 is 0.942 bits per heavy atom. The number of fused-ring (bicyclic) bond motifs is 16. The normalized spacial score (nSPS) is 18.0. The molecule has 12 aromatic rings. The first-order valence-electron chi connectivity index (χ1n) is 44.5. The average Bonchev–Trinajstić information content (AvgIpc) is 1.60. The summed E-state index contributed by atoms with van der Waals surface area (Å²) in [6, 6.07) is 21.8. The number of hydrazone groups is 4. The third-order valence-corrected chi connectivity index (χ3v) is 29.9. The molecule has 0 atom stereocenters. The first-order valence-corrected chi connectivity index (χ1v) is 50.7. The summed E-state index contributed by atoms with van der Waals surface area (Å²) >= 11 is 0. The Morgan fingerprint density at radius 2 is 0.657 bits per heavy atom. The highest BCUT2D eigenvalue weighted by Gasteiger charge is 2.53. The lowest BCUT2D eigenvalue weighted by molar-refractivity contribution is -0.133. The maximum atomic E-state index is 14.6. The summed E-state index contributed by atoms with van der Waals surface area (Å²) in [4.78, 5) is 46.9. The van der Waals surface area contributed by atoms with Gasteiger partial charge in [-0.1, -0.05) is 77.0 Å². The summed E-state index contributed by atoms with van der Waals surface area (Å²) < 4.78 is 182. The third kappa shape index (κ3) is 17.7. The number of anilines is 12. The summed E-state index contributed by atoms with van der Waals surface area (Å²) in [5, 5.41) is 61.3. The van der Waals surface area contributed by atoms with Crippen molar-refractivity contribution in [2.45, 2.75) is 203 Å². The van der Waals surface area contributed by atoms with Crippen molar-refractivity contribution in [1.82, 2.24) is 58.1 Å². The molecule has 49 heteroatoms. The fraction of sp³-hybridized carbons (Fsp3) is 0.398. The zero-order chi connectivity index (χ0) is 96.8. The average molecular weight is 1960 g/mol. The minimum atomic E-state index is -4.04. The van der Waals surface area contributed by atoms with Crippen molar-refractivity contribution < 1.29 is 75.0 Å². The molecule has 5 saturated carbocycles. The van der Waals surface area contributed by atoms with Crippen LogP contribution in [0.2, 0.25) is 0 Å². The van der Waals surface area contributed by atoms with E-state index in [2.05, 4.69) is 76.2 Å². The van der Waals surface area contributed by atoms with Crippen molar-refractivity contribution >= 4 is 184 Å². The van der Waals surface area contributed by atoms with Gasteiger partial charge in [0.25, 0.3) is 0 Å². The van der Waals surface area contributed by atoms with Crippen molar-refractivity contribution in [2.75, 3.05) is 83.3 Å². The van der Waals surface area contributed by atoms with E-state index >= 15 is 0 Å². The second kappa shape index (κ2) is 36.3. The van der Waals surface area contributed by atoms with Gasteiger partial charge in [-0.15, -0.1) is 20.4 Å². The predicted molar refractivity (Wildman–Crippen MR) is 506 cm³/mol.